The minimum absolute atomic E-state index is 0.0230. The Morgan fingerprint density at radius 3 is 2.19 bits per heavy atom. The number of anilines is 2. The fraction of sp³-hybridized carbons (Fsp3) is 0.200. The van der Waals surface area contributed by atoms with Crippen LogP contribution in [0.5, 0.6) is 0 Å². The van der Waals surface area contributed by atoms with Gasteiger partial charge < -0.3 is 10.6 Å². The molecule has 0 radical (unpaired) electrons. The Kier molecular flexibility index (Phi) is 4.18. The van der Waals surface area contributed by atoms with Crippen molar-refractivity contribution in [2.24, 2.45) is 5.73 Å². The van der Waals surface area contributed by atoms with Crippen molar-refractivity contribution in [1.29, 1.82) is 0 Å². The van der Waals surface area contributed by atoms with Crippen molar-refractivity contribution < 1.29 is 17.6 Å². The zero-order valence-electron chi connectivity index (χ0n) is 11.3. The summed E-state index contributed by atoms with van der Waals surface area (Å²) in [5.41, 5.74) is 6.39. The molecule has 112 valence electrons. The van der Waals surface area contributed by atoms with Crippen molar-refractivity contribution in [2.75, 3.05) is 11.9 Å². The first-order chi connectivity index (χ1) is 9.82. The van der Waals surface area contributed by atoms with Crippen molar-refractivity contribution in [3.05, 3.63) is 59.4 Å². The highest BCUT2D eigenvalue weighted by Gasteiger charge is 2.31. The average Bonchev–Trinajstić information content (AvgIpc) is 2.45. The summed E-state index contributed by atoms with van der Waals surface area (Å²) in [5.74, 6) is -0.376. The third-order valence-corrected chi connectivity index (χ3v) is 3.20. The van der Waals surface area contributed by atoms with Crippen LogP contribution in [0, 0.1) is 5.82 Å². The lowest BCUT2D eigenvalue weighted by molar-refractivity contribution is -0.137. The SMILES string of the molecule is CN(c1ccc(F)cc1)c1ccc(C(F)(F)F)cc1CN. The molecule has 0 unspecified atom stereocenters. The third-order valence-electron chi connectivity index (χ3n) is 3.20. The molecule has 21 heavy (non-hydrogen) atoms. The molecule has 0 heterocycles. The highest BCUT2D eigenvalue weighted by atomic mass is 19.4. The van der Waals surface area contributed by atoms with Crippen LogP contribution in [-0.4, -0.2) is 7.05 Å². The summed E-state index contributed by atoms with van der Waals surface area (Å²) in [7, 11) is 1.69. The molecule has 0 saturated heterocycles. The summed E-state index contributed by atoms with van der Waals surface area (Å²) in [5, 5.41) is 0. The van der Waals surface area contributed by atoms with E-state index in [4.69, 9.17) is 5.73 Å². The molecule has 0 aliphatic heterocycles. The predicted octanol–water partition coefficient (Wildman–Crippen LogP) is 4.07. The minimum Gasteiger partial charge on any atom is -0.344 e. The summed E-state index contributed by atoms with van der Waals surface area (Å²) >= 11 is 0. The van der Waals surface area contributed by atoms with Gasteiger partial charge in [-0.25, -0.2) is 4.39 Å². The summed E-state index contributed by atoms with van der Waals surface area (Å²) < 4.78 is 51.0. The molecule has 2 aromatic rings. The zero-order valence-corrected chi connectivity index (χ0v) is 11.3. The van der Waals surface area contributed by atoms with Gasteiger partial charge in [-0.1, -0.05) is 0 Å². The molecule has 2 N–H and O–H groups in total. The fourth-order valence-corrected chi connectivity index (χ4v) is 2.06. The van der Waals surface area contributed by atoms with E-state index in [0.717, 1.165) is 12.1 Å². The molecule has 0 spiro atoms. The number of rotatable bonds is 3. The van der Waals surface area contributed by atoms with Crippen molar-refractivity contribution >= 4 is 11.4 Å². The molecule has 0 aromatic heterocycles. The van der Waals surface area contributed by atoms with E-state index in [9.17, 15) is 17.6 Å². The summed E-state index contributed by atoms with van der Waals surface area (Å²) in [6, 6.07) is 9.09. The Hall–Kier alpha value is -2.08. The van der Waals surface area contributed by atoms with Crippen LogP contribution in [0.3, 0.4) is 0 Å². The Morgan fingerprint density at radius 1 is 1.05 bits per heavy atom. The monoisotopic (exact) mass is 298 g/mol. The van der Waals surface area contributed by atoms with Crippen LogP contribution < -0.4 is 10.6 Å². The van der Waals surface area contributed by atoms with Crippen molar-refractivity contribution in [3.63, 3.8) is 0 Å². The molecule has 2 aromatic carbocycles. The van der Waals surface area contributed by atoms with Crippen LogP contribution >= 0.6 is 0 Å². The number of halogens is 4. The number of hydrogen-bond acceptors (Lipinski definition) is 2. The van der Waals surface area contributed by atoms with Gasteiger partial charge in [0, 0.05) is 25.0 Å². The molecule has 0 aliphatic rings. The Morgan fingerprint density at radius 2 is 1.67 bits per heavy atom. The number of nitrogens with two attached hydrogens (primary N) is 1. The zero-order chi connectivity index (χ0) is 15.6. The Bertz CT molecular complexity index is 621. The topological polar surface area (TPSA) is 29.3 Å². The third kappa shape index (κ3) is 3.33. The maximum atomic E-state index is 12.9. The fourth-order valence-electron chi connectivity index (χ4n) is 2.06. The molecule has 0 amide bonds. The van der Waals surface area contributed by atoms with Gasteiger partial charge in [0.05, 0.1) is 5.56 Å². The number of alkyl halides is 3. The highest BCUT2D eigenvalue weighted by Crippen LogP contribution is 2.34. The second kappa shape index (κ2) is 5.73. The molecule has 0 atom stereocenters. The van der Waals surface area contributed by atoms with E-state index in [-0.39, 0.29) is 12.4 Å². The van der Waals surface area contributed by atoms with E-state index >= 15 is 0 Å². The molecule has 0 bridgehead atoms. The van der Waals surface area contributed by atoms with Crippen molar-refractivity contribution in [1.82, 2.24) is 0 Å². The molecular weight excluding hydrogens is 284 g/mol. The average molecular weight is 298 g/mol. The van der Waals surface area contributed by atoms with E-state index in [2.05, 4.69) is 0 Å². The smallest absolute Gasteiger partial charge is 0.344 e. The van der Waals surface area contributed by atoms with Gasteiger partial charge in [-0.15, -0.1) is 0 Å². The first-order valence-electron chi connectivity index (χ1n) is 6.22. The van der Waals surface area contributed by atoms with Crippen molar-refractivity contribution in [3.8, 4) is 0 Å². The quantitative estimate of drug-likeness (QED) is 0.865. The second-order valence-electron chi connectivity index (χ2n) is 4.58. The van der Waals surface area contributed by atoms with Gasteiger partial charge in [0.15, 0.2) is 0 Å². The summed E-state index contributed by atoms with van der Waals surface area (Å²) in [6.07, 6.45) is -4.41. The first kappa shape index (κ1) is 15.3. The lowest BCUT2D eigenvalue weighted by atomic mass is 10.1. The molecule has 0 aliphatic carbocycles. The first-order valence-corrected chi connectivity index (χ1v) is 6.22. The minimum atomic E-state index is -4.41. The molecular formula is C15H14F4N2. The van der Waals surface area contributed by atoms with Crippen LogP contribution in [0.4, 0.5) is 28.9 Å². The molecule has 0 saturated carbocycles. The summed E-state index contributed by atoms with van der Waals surface area (Å²) in [6.45, 7) is -0.0230. The maximum absolute atomic E-state index is 12.9. The number of hydrogen-bond donors (Lipinski definition) is 1. The van der Waals surface area contributed by atoms with Gasteiger partial charge in [0.1, 0.15) is 5.82 Å². The van der Waals surface area contributed by atoms with Crippen LogP contribution in [0.25, 0.3) is 0 Å². The maximum Gasteiger partial charge on any atom is 0.416 e. The molecule has 0 fully saturated rings. The Balaban J connectivity index is 2.41. The largest absolute Gasteiger partial charge is 0.416 e. The normalized spacial score (nSPS) is 11.5. The lowest BCUT2D eigenvalue weighted by Gasteiger charge is -2.23. The summed E-state index contributed by atoms with van der Waals surface area (Å²) in [4.78, 5) is 1.67. The lowest BCUT2D eigenvalue weighted by Crippen LogP contribution is -2.15. The van der Waals surface area contributed by atoms with Gasteiger partial charge in [-0.05, 0) is 48.0 Å². The van der Waals surface area contributed by atoms with Crippen LogP contribution in [-0.2, 0) is 12.7 Å². The number of benzene rings is 2. The van der Waals surface area contributed by atoms with E-state index in [1.54, 1.807) is 24.1 Å². The predicted molar refractivity (Wildman–Crippen MR) is 73.8 cm³/mol. The van der Waals surface area contributed by atoms with Crippen molar-refractivity contribution in [2.45, 2.75) is 12.7 Å². The van der Waals surface area contributed by atoms with Gasteiger partial charge in [-0.3, -0.25) is 0 Å². The van der Waals surface area contributed by atoms with E-state index in [1.807, 2.05) is 0 Å². The van der Waals surface area contributed by atoms with E-state index < -0.39 is 11.7 Å². The van der Waals surface area contributed by atoms with E-state index in [1.165, 1.54) is 18.2 Å². The van der Waals surface area contributed by atoms with Crippen LogP contribution in [0.1, 0.15) is 11.1 Å². The van der Waals surface area contributed by atoms with Crippen LogP contribution in [0.15, 0.2) is 42.5 Å². The van der Waals surface area contributed by atoms with Gasteiger partial charge in [-0.2, -0.15) is 13.2 Å². The molecule has 2 rings (SSSR count). The highest BCUT2D eigenvalue weighted by molar-refractivity contribution is 5.66. The van der Waals surface area contributed by atoms with Gasteiger partial charge >= 0.3 is 6.18 Å². The molecule has 2 nitrogen and oxygen atoms in total. The van der Waals surface area contributed by atoms with Crippen LogP contribution in [0.2, 0.25) is 0 Å². The van der Waals surface area contributed by atoms with Gasteiger partial charge in [0.25, 0.3) is 0 Å². The van der Waals surface area contributed by atoms with E-state index in [0.29, 0.717) is 16.9 Å². The second-order valence-corrected chi connectivity index (χ2v) is 4.58. The number of nitrogens with zero attached hydrogens (tertiary/aromatic N) is 1. The Labute approximate surface area is 119 Å². The standard InChI is InChI=1S/C15H14F4N2/c1-21(13-5-3-12(16)4-6-13)14-7-2-11(15(17,18)19)8-10(14)9-20/h2-8H,9,20H2,1H3. The van der Waals surface area contributed by atoms with Gasteiger partial charge in [0.2, 0.25) is 0 Å². The molecule has 6 heteroatoms.